The number of benzene rings is 2. The highest BCUT2D eigenvalue weighted by molar-refractivity contribution is 5.79. The first-order chi connectivity index (χ1) is 15.4. The molecule has 1 atom stereocenters. The lowest BCUT2D eigenvalue weighted by atomic mass is 10.1. The molecule has 0 N–H and O–H groups in total. The van der Waals surface area contributed by atoms with Crippen molar-refractivity contribution in [3.63, 3.8) is 0 Å². The van der Waals surface area contributed by atoms with Gasteiger partial charge >= 0.3 is 0 Å². The molecule has 7 nitrogen and oxygen atoms in total. The molecule has 0 radical (unpaired) electrons. The Labute approximate surface area is 188 Å². The fraction of sp³-hybridized carbons (Fsp3) is 0.400. The summed E-state index contributed by atoms with van der Waals surface area (Å²) in [6.07, 6.45) is 1.15. The zero-order valence-corrected chi connectivity index (χ0v) is 19.4. The molecule has 0 fully saturated rings. The number of aryl methyl sites for hydroxylation is 1. The highest BCUT2D eigenvalue weighted by Crippen LogP contribution is 2.28. The Morgan fingerprint density at radius 3 is 2.62 bits per heavy atom. The largest absolute Gasteiger partial charge is 0.495 e. The smallest absolute Gasteiger partial charge is 0.266 e. The predicted molar refractivity (Wildman–Crippen MR) is 126 cm³/mol. The van der Waals surface area contributed by atoms with Gasteiger partial charge in [-0.1, -0.05) is 25.1 Å². The maximum Gasteiger partial charge on any atom is 0.266 e. The van der Waals surface area contributed by atoms with Crippen LogP contribution in [0.15, 0.2) is 47.3 Å². The maximum atomic E-state index is 13.7. The summed E-state index contributed by atoms with van der Waals surface area (Å²) in [5.74, 6) is 1.05. The number of fused-ring (bicyclic) bond motifs is 1. The number of hydrogen-bond acceptors (Lipinski definition) is 5. The van der Waals surface area contributed by atoms with Crippen molar-refractivity contribution in [2.45, 2.75) is 39.7 Å². The summed E-state index contributed by atoms with van der Waals surface area (Å²) in [5.41, 5.74) is 1.98. The van der Waals surface area contributed by atoms with Crippen molar-refractivity contribution >= 4 is 16.8 Å². The predicted octanol–water partition coefficient (Wildman–Crippen LogP) is 4.04. The van der Waals surface area contributed by atoms with Crippen molar-refractivity contribution in [1.29, 1.82) is 0 Å². The minimum Gasteiger partial charge on any atom is -0.495 e. The summed E-state index contributed by atoms with van der Waals surface area (Å²) in [4.78, 5) is 33.3. The van der Waals surface area contributed by atoms with Crippen LogP contribution in [0, 0.1) is 6.92 Å². The second kappa shape index (κ2) is 10.4. The second-order valence-electron chi connectivity index (χ2n) is 7.81. The molecular formula is C25H31N3O4. The highest BCUT2D eigenvalue weighted by atomic mass is 16.5. The Morgan fingerprint density at radius 1 is 1.19 bits per heavy atom. The molecule has 1 unspecified atom stereocenters. The fourth-order valence-electron chi connectivity index (χ4n) is 3.86. The topological polar surface area (TPSA) is 73.7 Å². The van der Waals surface area contributed by atoms with E-state index in [2.05, 4.69) is 0 Å². The first-order valence-electron chi connectivity index (χ1n) is 10.9. The summed E-state index contributed by atoms with van der Waals surface area (Å²) in [6.45, 7) is 6.63. The fourth-order valence-corrected chi connectivity index (χ4v) is 3.86. The number of carbonyl (C=O) groups excluding carboxylic acids is 1. The van der Waals surface area contributed by atoms with Gasteiger partial charge in [-0.3, -0.25) is 14.2 Å². The molecule has 0 aliphatic rings. The van der Waals surface area contributed by atoms with Crippen molar-refractivity contribution in [2.24, 2.45) is 0 Å². The molecule has 0 spiro atoms. The van der Waals surface area contributed by atoms with Crippen LogP contribution in [-0.2, 0) is 9.53 Å². The van der Waals surface area contributed by atoms with Gasteiger partial charge in [0.2, 0.25) is 5.91 Å². The molecule has 1 heterocycles. The van der Waals surface area contributed by atoms with Crippen LogP contribution in [-0.4, -0.2) is 47.7 Å². The molecule has 32 heavy (non-hydrogen) atoms. The Kier molecular flexibility index (Phi) is 7.64. The van der Waals surface area contributed by atoms with Crippen molar-refractivity contribution in [2.75, 3.05) is 27.4 Å². The van der Waals surface area contributed by atoms with Crippen LogP contribution in [0.4, 0.5) is 0 Å². The van der Waals surface area contributed by atoms with Gasteiger partial charge in [-0.15, -0.1) is 0 Å². The number of methoxy groups -OCH3 is 2. The lowest BCUT2D eigenvalue weighted by Gasteiger charge is -2.30. The van der Waals surface area contributed by atoms with Gasteiger partial charge in [0.15, 0.2) is 0 Å². The Morgan fingerprint density at radius 2 is 1.94 bits per heavy atom. The molecule has 0 saturated carbocycles. The van der Waals surface area contributed by atoms with Gasteiger partial charge in [0.25, 0.3) is 5.56 Å². The van der Waals surface area contributed by atoms with E-state index in [9.17, 15) is 9.59 Å². The summed E-state index contributed by atoms with van der Waals surface area (Å²) < 4.78 is 12.4. The van der Waals surface area contributed by atoms with Crippen LogP contribution in [0.25, 0.3) is 16.6 Å². The Bertz CT molecular complexity index is 1160. The lowest BCUT2D eigenvalue weighted by Crippen LogP contribution is -2.39. The monoisotopic (exact) mass is 437 g/mol. The van der Waals surface area contributed by atoms with E-state index >= 15 is 0 Å². The molecule has 0 bridgehead atoms. The SMILES string of the molecule is CCCC(=O)N(CCOC)C(C)c1nc2ccccc2c(=O)n1-c1cc(C)ccc1OC. The van der Waals surface area contributed by atoms with Crippen molar-refractivity contribution in [3.8, 4) is 11.4 Å². The van der Waals surface area contributed by atoms with Gasteiger partial charge in [0.1, 0.15) is 11.6 Å². The molecule has 2 aromatic carbocycles. The maximum absolute atomic E-state index is 13.7. The molecular weight excluding hydrogens is 406 g/mol. The number of ether oxygens (including phenoxy) is 2. The zero-order valence-electron chi connectivity index (χ0n) is 19.4. The molecule has 7 heteroatoms. The van der Waals surface area contributed by atoms with Crippen LogP contribution in [0.1, 0.15) is 44.1 Å². The van der Waals surface area contributed by atoms with Crippen molar-refractivity contribution in [1.82, 2.24) is 14.5 Å². The van der Waals surface area contributed by atoms with Gasteiger partial charge in [0.05, 0.1) is 36.3 Å². The number of nitrogens with zero attached hydrogens (tertiary/aromatic N) is 3. The van der Waals surface area contributed by atoms with E-state index < -0.39 is 6.04 Å². The van der Waals surface area contributed by atoms with Gasteiger partial charge in [0, 0.05) is 20.1 Å². The number of carbonyl (C=O) groups is 1. The van der Waals surface area contributed by atoms with Crippen LogP contribution < -0.4 is 10.3 Å². The summed E-state index contributed by atoms with van der Waals surface area (Å²) in [6, 6.07) is 12.5. The molecule has 0 aliphatic carbocycles. The van der Waals surface area contributed by atoms with E-state index in [1.807, 2.05) is 57.2 Å². The highest BCUT2D eigenvalue weighted by Gasteiger charge is 2.27. The first-order valence-corrected chi connectivity index (χ1v) is 10.9. The summed E-state index contributed by atoms with van der Waals surface area (Å²) >= 11 is 0. The molecule has 3 rings (SSSR count). The van der Waals surface area contributed by atoms with Crippen LogP contribution >= 0.6 is 0 Å². The minimum absolute atomic E-state index is 0.00205. The Hall–Kier alpha value is -3.19. The van der Waals surface area contributed by atoms with E-state index in [0.717, 1.165) is 12.0 Å². The van der Waals surface area contributed by atoms with E-state index in [4.69, 9.17) is 14.5 Å². The van der Waals surface area contributed by atoms with Gasteiger partial charge in [-0.2, -0.15) is 0 Å². The average molecular weight is 438 g/mol. The normalized spacial score (nSPS) is 12.0. The number of para-hydroxylation sites is 1. The molecule has 0 aliphatic heterocycles. The van der Waals surface area contributed by atoms with Gasteiger partial charge < -0.3 is 14.4 Å². The zero-order chi connectivity index (χ0) is 23.3. The van der Waals surface area contributed by atoms with E-state index in [-0.39, 0.29) is 11.5 Å². The number of amides is 1. The van der Waals surface area contributed by atoms with Gasteiger partial charge in [-0.05, 0) is 50.1 Å². The quantitative estimate of drug-likeness (QED) is 0.505. The standard InChI is InChI=1S/C25H31N3O4/c1-6-9-23(29)27(14-15-31-4)18(3)24-26-20-11-8-7-10-19(20)25(30)28(24)21-16-17(2)12-13-22(21)32-5/h7-8,10-13,16,18H,6,9,14-15H2,1-5H3. The summed E-state index contributed by atoms with van der Waals surface area (Å²) in [5, 5.41) is 0.510. The van der Waals surface area contributed by atoms with E-state index in [0.29, 0.717) is 47.7 Å². The Balaban J connectivity index is 2.30. The molecule has 3 aromatic rings. The third-order valence-corrected chi connectivity index (χ3v) is 5.54. The number of rotatable bonds is 9. The lowest BCUT2D eigenvalue weighted by molar-refractivity contribution is -0.134. The molecule has 1 aromatic heterocycles. The minimum atomic E-state index is -0.452. The van der Waals surface area contributed by atoms with Gasteiger partial charge in [-0.25, -0.2) is 4.98 Å². The molecule has 170 valence electrons. The van der Waals surface area contributed by atoms with Crippen LogP contribution in [0.3, 0.4) is 0 Å². The third kappa shape index (κ3) is 4.67. The van der Waals surface area contributed by atoms with E-state index in [1.54, 1.807) is 29.8 Å². The van der Waals surface area contributed by atoms with Crippen molar-refractivity contribution in [3.05, 3.63) is 64.2 Å². The number of hydrogen-bond donors (Lipinski definition) is 0. The van der Waals surface area contributed by atoms with Crippen LogP contribution in [0.2, 0.25) is 0 Å². The van der Waals surface area contributed by atoms with Crippen molar-refractivity contribution < 1.29 is 14.3 Å². The molecule has 1 amide bonds. The molecule has 0 saturated heterocycles. The third-order valence-electron chi connectivity index (χ3n) is 5.54. The number of aromatic nitrogens is 2. The second-order valence-corrected chi connectivity index (χ2v) is 7.81. The van der Waals surface area contributed by atoms with Crippen LogP contribution in [0.5, 0.6) is 5.75 Å². The van der Waals surface area contributed by atoms with E-state index in [1.165, 1.54) is 0 Å². The summed E-state index contributed by atoms with van der Waals surface area (Å²) in [7, 11) is 3.18. The first kappa shape index (κ1) is 23.5. The average Bonchev–Trinajstić information content (AvgIpc) is 2.79.